The maximum Gasteiger partial charge on any atom is 0.129 e. The van der Waals surface area contributed by atoms with Gasteiger partial charge in [0, 0.05) is 11.1 Å². The maximum absolute atomic E-state index is 13.0. The van der Waals surface area contributed by atoms with Gasteiger partial charge >= 0.3 is 0 Å². The van der Waals surface area contributed by atoms with Gasteiger partial charge in [-0.25, -0.2) is 4.39 Å². The number of aliphatic hydroxyl groups excluding tert-OH is 2. The zero-order chi connectivity index (χ0) is 9.84. The Bertz CT molecular complexity index is 299. The summed E-state index contributed by atoms with van der Waals surface area (Å²) >= 11 is 0. The quantitative estimate of drug-likeness (QED) is 0.734. The zero-order valence-electron chi connectivity index (χ0n) is 7.25. The molecule has 0 fully saturated rings. The second-order valence-electron chi connectivity index (χ2n) is 2.52. The van der Waals surface area contributed by atoms with Crippen LogP contribution < -0.4 is 4.74 Å². The molecular weight excluding hydrogens is 175 g/mol. The molecule has 3 nitrogen and oxygen atoms in total. The van der Waals surface area contributed by atoms with Gasteiger partial charge in [0.2, 0.25) is 0 Å². The van der Waals surface area contributed by atoms with Crippen molar-refractivity contribution >= 4 is 0 Å². The molecule has 0 amide bonds. The Labute approximate surface area is 75.4 Å². The van der Waals surface area contributed by atoms with Gasteiger partial charge in [0.25, 0.3) is 0 Å². The van der Waals surface area contributed by atoms with Crippen LogP contribution in [0.4, 0.5) is 4.39 Å². The second-order valence-corrected chi connectivity index (χ2v) is 2.52. The average molecular weight is 186 g/mol. The third-order valence-electron chi connectivity index (χ3n) is 1.87. The van der Waals surface area contributed by atoms with E-state index in [2.05, 4.69) is 0 Å². The molecule has 0 aromatic heterocycles. The van der Waals surface area contributed by atoms with Crippen LogP contribution in [-0.4, -0.2) is 17.3 Å². The third-order valence-corrected chi connectivity index (χ3v) is 1.87. The van der Waals surface area contributed by atoms with Crippen molar-refractivity contribution in [3.8, 4) is 5.75 Å². The Morgan fingerprint density at radius 3 is 2.31 bits per heavy atom. The molecule has 0 heterocycles. The van der Waals surface area contributed by atoms with Crippen LogP contribution >= 0.6 is 0 Å². The van der Waals surface area contributed by atoms with Crippen molar-refractivity contribution in [2.75, 3.05) is 7.11 Å². The molecule has 72 valence electrons. The average Bonchev–Trinajstić information content (AvgIpc) is 2.17. The number of hydrogen-bond acceptors (Lipinski definition) is 3. The van der Waals surface area contributed by atoms with Crippen molar-refractivity contribution in [3.63, 3.8) is 0 Å². The highest BCUT2D eigenvalue weighted by Crippen LogP contribution is 2.24. The van der Waals surface area contributed by atoms with E-state index in [4.69, 9.17) is 14.9 Å². The summed E-state index contributed by atoms with van der Waals surface area (Å²) in [6.45, 7) is -0.796. The van der Waals surface area contributed by atoms with Crippen molar-refractivity contribution in [2.24, 2.45) is 0 Å². The van der Waals surface area contributed by atoms with Crippen LogP contribution in [0.25, 0.3) is 0 Å². The van der Waals surface area contributed by atoms with Gasteiger partial charge in [0.1, 0.15) is 11.6 Å². The van der Waals surface area contributed by atoms with Gasteiger partial charge in [-0.3, -0.25) is 0 Å². The standard InChI is InChI=1S/C9H11FO3/c1-13-9-3-2-8(10)6(4-11)7(9)5-12/h2-3,11-12H,4-5H2,1H3. The minimum Gasteiger partial charge on any atom is -0.496 e. The lowest BCUT2D eigenvalue weighted by molar-refractivity contribution is 0.249. The predicted octanol–water partition coefficient (Wildman–Crippen LogP) is 0.819. The molecule has 13 heavy (non-hydrogen) atoms. The lowest BCUT2D eigenvalue weighted by Crippen LogP contribution is -2.01. The Morgan fingerprint density at radius 2 is 1.85 bits per heavy atom. The number of methoxy groups -OCH3 is 1. The molecule has 0 bridgehead atoms. The molecule has 0 radical (unpaired) electrons. The van der Waals surface area contributed by atoms with Crippen LogP contribution in [0, 0.1) is 5.82 Å². The highest BCUT2D eigenvalue weighted by atomic mass is 19.1. The van der Waals surface area contributed by atoms with Gasteiger partial charge in [-0.15, -0.1) is 0 Å². The molecule has 1 aromatic rings. The summed E-state index contributed by atoms with van der Waals surface area (Å²) in [6.07, 6.45) is 0. The normalized spacial score (nSPS) is 10.2. The van der Waals surface area contributed by atoms with E-state index in [-0.39, 0.29) is 12.2 Å². The summed E-state index contributed by atoms with van der Waals surface area (Å²) < 4.78 is 17.9. The topological polar surface area (TPSA) is 49.7 Å². The lowest BCUT2D eigenvalue weighted by atomic mass is 10.1. The van der Waals surface area contributed by atoms with E-state index >= 15 is 0 Å². The van der Waals surface area contributed by atoms with E-state index in [0.717, 1.165) is 0 Å². The molecule has 0 aliphatic rings. The molecule has 0 spiro atoms. The monoisotopic (exact) mass is 186 g/mol. The molecule has 0 aliphatic heterocycles. The fourth-order valence-electron chi connectivity index (χ4n) is 1.18. The van der Waals surface area contributed by atoms with Gasteiger partial charge in [-0.1, -0.05) is 0 Å². The van der Waals surface area contributed by atoms with Crippen LogP contribution in [0.2, 0.25) is 0 Å². The van der Waals surface area contributed by atoms with Crippen LogP contribution in [-0.2, 0) is 13.2 Å². The highest BCUT2D eigenvalue weighted by molar-refractivity contribution is 5.40. The van der Waals surface area contributed by atoms with Crippen LogP contribution in [0.15, 0.2) is 12.1 Å². The second kappa shape index (κ2) is 4.20. The van der Waals surface area contributed by atoms with E-state index < -0.39 is 12.4 Å². The van der Waals surface area contributed by atoms with Gasteiger partial charge in [-0.2, -0.15) is 0 Å². The summed E-state index contributed by atoms with van der Waals surface area (Å²) in [7, 11) is 1.42. The van der Waals surface area contributed by atoms with Crippen molar-refractivity contribution in [1.82, 2.24) is 0 Å². The third kappa shape index (κ3) is 1.79. The van der Waals surface area contributed by atoms with Crippen LogP contribution in [0.3, 0.4) is 0 Å². The molecule has 0 saturated heterocycles. The summed E-state index contributed by atoms with van der Waals surface area (Å²) in [5.74, 6) is -0.152. The largest absolute Gasteiger partial charge is 0.496 e. The first-order valence-electron chi connectivity index (χ1n) is 3.80. The minimum absolute atomic E-state index is 0.0850. The molecule has 1 aromatic carbocycles. The first kappa shape index (κ1) is 9.95. The SMILES string of the molecule is COc1ccc(F)c(CO)c1CO. The molecule has 0 unspecified atom stereocenters. The van der Waals surface area contributed by atoms with Crippen LogP contribution in [0.5, 0.6) is 5.75 Å². The minimum atomic E-state index is -0.535. The first-order valence-corrected chi connectivity index (χ1v) is 3.80. The van der Waals surface area contributed by atoms with Gasteiger partial charge < -0.3 is 14.9 Å². The summed E-state index contributed by atoms with van der Waals surface area (Å²) in [4.78, 5) is 0. The number of rotatable bonds is 3. The van der Waals surface area contributed by atoms with Crippen molar-refractivity contribution in [1.29, 1.82) is 0 Å². The van der Waals surface area contributed by atoms with Gasteiger partial charge in [-0.05, 0) is 12.1 Å². The maximum atomic E-state index is 13.0. The van der Waals surface area contributed by atoms with Gasteiger partial charge in [0.05, 0.1) is 20.3 Å². The Morgan fingerprint density at radius 1 is 1.23 bits per heavy atom. The summed E-state index contributed by atoms with van der Waals surface area (Å²) in [6, 6.07) is 2.61. The van der Waals surface area contributed by atoms with Gasteiger partial charge in [0.15, 0.2) is 0 Å². The van der Waals surface area contributed by atoms with E-state index in [1.807, 2.05) is 0 Å². The molecule has 0 atom stereocenters. The van der Waals surface area contributed by atoms with E-state index in [0.29, 0.717) is 11.3 Å². The molecule has 0 aliphatic carbocycles. The van der Waals surface area contributed by atoms with Crippen molar-refractivity contribution in [2.45, 2.75) is 13.2 Å². The fraction of sp³-hybridized carbons (Fsp3) is 0.333. The fourth-order valence-corrected chi connectivity index (χ4v) is 1.18. The molecule has 2 N–H and O–H groups in total. The summed E-state index contributed by atoms with van der Waals surface area (Å²) in [5.41, 5.74) is 0.381. The Hall–Kier alpha value is -1.13. The highest BCUT2D eigenvalue weighted by Gasteiger charge is 2.11. The number of benzene rings is 1. The van der Waals surface area contributed by atoms with Crippen LogP contribution in [0.1, 0.15) is 11.1 Å². The smallest absolute Gasteiger partial charge is 0.129 e. The molecular formula is C9H11FO3. The molecule has 1 rings (SSSR count). The summed E-state index contributed by atoms with van der Waals surface area (Å²) in [5, 5.41) is 17.8. The zero-order valence-corrected chi connectivity index (χ0v) is 7.25. The van der Waals surface area contributed by atoms with E-state index in [9.17, 15) is 4.39 Å². The number of aliphatic hydroxyl groups is 2. The number of hydrogen-bond donors (Lipinski definition) is 2. The van der Waals surface area contributed by atoms with E-state index in [1.54, 1.807) is 0 Å². The molecule has 4 heteroatoms. The predicted molar refractivity (Wildman–Crippen MR) is 44.8 cm³/mol. The molecule has 0 saturated carbocycles. The van der Waals surface area contributed by atoms with Crippen molar-refractivity contribution in [3.05, 3.63) is 29.1 Å². The Balaban J connectivity index is 3.27. The van der Waals surface area contributed by atoms with Crippen molar-refractivity contribution < 1.29 is 19.3 Å². The lowest BCUT2D eigenvalue weighted by Gasteiger charge is -2.10. The number of ether oxygens (including phenoxy) is 1. The Kier molecular flexibility index (Phi) is 3.22. The van der Waals surface area contributed by atoms with E-state index in [1.165, 1.54) is 19.2 Å². The first-order chi connectivity index (χ1) is 6.24. The number of halogens is 1.